The molecule has 2 atom stereocenters. The molecule has 1 saturated heterocycles. The van der Waals surface area contributed by atoms with Gasteiger partial charge in [0.15, 0.2) is 0 Å². The van der Waals surface area contributed by atoms with Gasteiger partial charge in [0.2, 0.25) is 0 Å². The minimum absolute atomic E-state index is 0.0475. The highest BCUT2D eigenvalue weighted by Gasteiger charge is 2.17. The van der Waals surface area contributed by atoms with Crippen molar-refractivity contribution in [1.82, 2.24) is 0 Å². The Morgan fingerprint density at radius 3 is 2.63 bits per heavy atom. The second-order valence-corrected chi connectivity index (χ2v) is 5.76. The molecule has 1 heterocycles. The summed E-state index contributed by atoms with van der Waals surface area (Å²) in [5.41, 5.74) is 8.67. The summed E-state index contributed by atoms with van der Waals surface area (Å²) in [6.45, 7) is 6.55. The molecule has 1 aromatic rings. The van der Waals surface area contributed by atoms with Gasteiger partial charge < -0.3 is 15.2 Å². The summed E-state index contributed by atoms with van der Waals surface area (Å²) in [4.78, 5) is 0. The van der Waals surface area contributed by atoms with E-state index >= 15 is 0 Å². The van der Waals surface area contributed by atoms with E-state index in [1.54, 1.807) is 0 Å². The van der Waals surface area contributed by atoms with E-state index in [1.807, 2.05) is 0 Å². The average molecular weight is 263 g/mol. The minimum Gasteiger partial charge on any atom is -0.379 e. The number of rotatable bonds is 6. The van der Waals surface area contributed by atoms with Crippen molar-refractivity contribution < 1.29 is 9.47 Å². The summed E-state index contributed by atoms with van der Waals surface area (Å²) < 4.78 is 11.0. The Kier molecular flexibility index (Phi) is 5.37. The van der Waals surface area contributed by atoms with Crippen molar-refractivity contribution in [3.63, 3.8) is 0 Å². The lowest BCUT2D eigenvalue weighted by molar-refractivity contribution is 0.0349. The van der Waals surface area contributed by atoms with E-state index in [0.717, 1.165) is 25.0 Å². The molecule has 3 nitrogen and oxygen atoms in total. The van der Waals surface area contributed by atoms with Crippen LogP contribution in [0.2, 0.25) is 0 Å². The molecule has 1 aliphatic rings. The maximum atomic E-state index is 6.16. The molecule has 3 heteroatoms. The van der Waals surface area contributed by atoms with Crippen LogP contribution in [-0.4, -0.2) is 25.9 Å². The molecule has 0 aliphatic carbocycles. The van der Waals surface area contributed by atoms with Crippen molar-refractivity contribution >= 4 is 0 Å². The van der Waals surface area contributed by atoms with Crippen LogP contribution in [0.3, 0.4) is 0 Å². The summed E-state index contributed by atoms with van der Waals surface area (Å²) in [6, 6.07) is 8.55. The van der Waals surface area contributed by atoms with Crippen molar-refractivity contribution in [3.05, 3.63) is 35.4 Å². The first-order valence-electron chi connectivity index (χ1n) is 7.19. The van der Waals surface area contributed by atoms with Gasteiger partial charge in [0, 0.05) is 6.61 Å². The molecule has 0 saturated carbocycles. The van der Waals surface area contributed by atoms with Gasteiger partial charge in [-0.1, -0.05) is 38.1 Å². The van der Waals surface area contributed by atoms with Crippen LogP contribution in [0.5, 0.6) is 0 Å². The zero-order chi connectivity index (χ0) is 13.7. The standard InChI is InChI=1S/C16H25NO2/c1-12(2)9-13-3-5-14(6-4-13)16(17)11-19-15-7-8-18-10-15/h3-6,12,15-16H,7-11,17H2,1-2H3. The zero-order valence-corrected chi connectivity index (χ0v) is 12.0. The van der Waals surface area contributed by atoms with Crippen LogP contribution < -0.4 is 5.73 Å². The fraction of sp³-hybridized carbons (Fsp3) is 0.625. The Bertz CT molecular complexity index is 369. The molecule has 1 aliphatic heterocycles. The smallest absolute Gasteiger partial charge is 0.0831 e. The Hall–Kier alpha value is -0.900. The van der Waals surface area contributed by atoms with E-state index in [1.165, 1.54) is 5.56 Å². The van der Waals surface area contributed by atoms with Crippen LogP contribution >= 0.6 is 0 Å². The average Bonchev–Trinajstić information content (AvgIpc) is 2.89. The zero-order valence-electron chi connectivity index (χ0n) is 12.0. The van der Waals surface area contributed by atoms with Gasteiger partial charge in [-0.2, -0.15) is 0 Å². The van der Waals surface area contributed by atoms with Crippen LogP contribution in [0.4, 0.5) is 0 Å². The van der Waals surface area contributed by atoms with Gasteiger partial charge in [-0.25, -0.2) is 0 Å². The van der Waals surface area contributed by atoms with Crippen LogP contribution in [0.25, 0.3) is 0 Å². The lowest BCUT2D eigenvalue weighted by Gasteiger charge is -2.16. The van der Waals surface area contributed by atoms with E-state index < -0.39 is 0 Å². The van der Waals surface area contributed by atoms with Gasteiger partial charge in [0.25, 0.3) is 0 Å². The highest BCUT2D eigenvalue weighted by Crippen LogP contribution is 2.16. The third-order valence-electron chi connectivity index (χ3n) is 3.45. The fourth-order valence-corrected chi connectivity index (χ4v) is 2.35. The number of benzene rings is 1. The summed E-state index contributed by atoms with van der Waals surface area (Å²) in [6.07, 6.45) is 2.33. The summed E-state index contributed by atoms with van der Waals surface area (Å²) >= 11 is 0. The molecule has 1 aromatic carbocycles. The molecule has 106 valence electrons. The van der Waals surface area contributed by atoms with Crippen molar-refractivity contribution in [2.75, 3.05) is 19.8 Å². The third-order valence-corrected chi connectivity index (χ3v) is 3.45. The molecular formula is C16H25NO2. The monoisotopic (exact) mass is 263 g/mol. The van der Waals surface area contributed by atoms with E-state index in [9.17, 15) is 0 Å². The molecule has 0 amide bonds. The largest absolute Gasteiger partial charge is 0.379 e. The van der Waals surface area contributed by atoms with Crippen molar-refractivity contribution in [1.29, 1.82) is 0 Å². The molecule has 0 radical (unpaired) electrons. The van der Waals surface area contributed by atoms with E-state index in [0.29, 0.717) is 19.1 Å². The van der Waals surface area contributed by atoms with E-state index in [2.05, 4.69) is 38.1 Å². The first-order chi connectivity index (χ1) is 9.15. The van der Waals surface area contributed by atoms with Gasteiger partial charge in [-0.3, -0.25) is 0 Å². The normalized spacial score (nSPS) is 20.9. The Morgan fingerprint density at radius 1 is 1.32 bits per heavy atom. The number of hydrogen-bond acceptors (Lipinski definition) is 3. The van der Waals surface area contributed by atoms with Crippen molar-refractivity contribution in [2.45, 2.75) is 38.8 Å². The highest BCUT2D eigenvalue weighted by molar-refractivity contribution is 5.25. The maximum absolute atomic E-state index is 6.16. The van der Waals surface area contributed by atoms with Crippen LogP contribution in [0.15, 0.2) is 24.3 Å². The number of ether oxygens (including phenoxy) is 2. The molecule has 0 bridgehead atoms. The van der Waals surface area contributed by atoms with E-state index in [-0.39, 0.29) is 12.1 Å². The topological polar surface area (TPSA) is 44.5 Å². The second-order valence-electron chi connectivity index (χ2n) is 5.76. The first kappa shape index (κ1) is 14.5. The van der Waals surface area contributed by atoms with Crippen LogP contribution in [0.1, 0.15) is 37.4 Å². The summed E-state index contributed by atoms with van der Waals surface area (Å²) in [5.74, 6) is 0.685. The van der Waals surface area contributed by atoms with Crippen LogP contribution in [-0.2, 0) is 15.9 Å². The van der Waals surface area contributed by atoms with Crippen molar-refractivity contribution in [2.24, 2.45) is 11.7 Å². The second kappa shape index (κ2) is 7.04. The maximum Gasteiger partial charge on any atom is 0.0831 e. The lowest BCUT2D eigenvalue weighted by atomic mass is 10.00. The van der Waals surface area contributed by atoms with Gasteiger partial charge in [0.05, 0.1) is 25.4 Å². The predicted octanol–water partition coefficient (Wildman–Crippen LogP) is 2.69. The van der Waals surface area contributed by atoms with Gasteiger partial charge in [-0.15, -0.1) is 0 Å². The molecular weight excluding hydrogens is 238 g/mol. The number of hydrogen-bond donors (Lipinski definition) is 1. The van der Waals surface area contributed by atoms with E-state index in [4.69, 9.17) is 15.2 Å². The van der Waals surface area contributed by atoms with Crippen molar-refractivity contribution in [3.8, 4) is 0 Å². The lowest BCUT2D eigenvalue weighted by Crippen LogP contribution is -2.22. The van der Waals surface area contributed by atoms with Crippen LogP contribution in [0, 0.1) is 5.92 Å². The Morgan fingerprint density at radius 2 is 2.05 bits per heavy atom. The number of nitrogens with two attached hydrogens (primary N) is 1. The summed E-state index contributed by atoms with van der Waals surface area (Å²) in [5, 5.41) is 0. The fourth-order valence-electron chi connectivity index (χ4n) is 2.35. The molecule has 2 rings (SSSR count). The molecule has 0 aromatic heterocycles. The Labute approximate surface area is 116 Å². The minimum atomic E-state index is -0.0475. The predicted molar refractivity (Wildman–Crippen MR) is 77.1 cm³/mol. The molecule has 2 unspecified atom stereocenters. The van der Waals surface area contributed by atoms with Gasteiger partial charge in [0.1, 0.15) is 0 Å². The molecule has 2 N–H and O–H groups in total. The SMILES string of the molecule is CC(C)Cc1ccc(C(N)COC2CCOC2)cc1. The highest BCUT2D eigenvalue weighted by atomic mass is 16.5. The Balaban J connectivity index is 1.82. The third kappa shape index (κ3) is 4.60. The molecule has 1 fully saturated rings. The quantitative estimate of drug-likeness (QED) is 0.858. The first-order valence-corrected chi connectivity index (χ1v) is 7.19. The molecule has 19 heavy (non-hydrogen) atoms. The van der Waals surface area contributed by atoms with Gasteiger partial charge in [-0.05, 0) is 29.9 Å². The summed E-state index contributed by atoms with van der Waals surface area (Å²) in [7, 11) is 0. The molecule has 0 spiro atoms. The van der Waals surface area contributed by atoms with Gasteiger partial charge >= 0.3 is 0 Å².